The maximum atomic E-state index is 12.4. The molecule has 0 spiro atoms. The van der Waals surface area contributed by atoms with Crippen molar-refractivity contribution in [2.75, 3.05) is 13.1 Å². The van der Waals surface area contributed by atoms with Gasteiger partial charge in [0.2, 0.25) is 5.91 Å². The monoisotopic (exact) mass is 330 g/mol. The van der Waals surface area contributed by atoms with Gasteiger partial charge in [-0.2, -0.15) is 0 Å². The fraction of sp³-hybridized carbons (Fsp3) is 0.615. The van der Waals surface area contributed by atoms with Crippen LogP contribution in [0.2, 0.25) is 0 Å². The molecule has 1 aromatic heterocycles. The third kappa shape index (κ3) is 3.13. The third-order valence-corrected chi connectivity index (χ3v) is 5.20. The highest BCUT2D eigenvalue weighted by molar-refractivity contribution is 9.10. The van der Waals surface area contributed by atoms with Crippen molar-refractivity contribution in [3.63, 3.8) is 0 Å². The average Bonchev–Trinajstić information content (AvgIpc) is 2.97. The van der Waals surface area contributed by atoms with Gasteiger partial charge < -0.3 is 10.6 Å². The second-order valence-corrected chi connectivity index (χ2v) is 6.78. The van der Waals surface area contributed by atoms with Gasteiger partial charge in [0.05, 0.1) is 12.0 Å². The van der Waals surface area contributed by atoms with E-state index in [1.165, 1.54) is 4.88 Å². The molecule has 2 rings (SSSR count). The quantitative estimate of drug-likeness (QED) is 0.871. The number of carbonyl (C=O) groups is 1. The second-order valence-electron chi connectivity index (χ2n) is 4.87. The van der Waals surface area contributed by atoms with Crippen LogP contribution in [0.25, 0.3) is 0 Å². The zero-order valence-electron chi connectivity index (χ0n) is 10.6. The minimum atomic E-state index is -0.177. The lowest BCUT2D eigenvalue weighted by atomic mass is 9.81. The zero-order valence-corrected chi connectivity index (χ0v) is 13.0. The van der Waals surface area contributed by atoms with Crippen LogP contribution in [-0.4, -0.2) is 19.0 Å². The van der Waals surface area contributed by atoms with Crippen molar-refractivity contribution in [3.8, 4) is 0 Å². The summed E-state index contributed by atoms with van der Waals surface area (Å²) < 4.78 is 1.09. The van der Waals surface area contributed by atoms with Gasteiger partial charge in [0.15, 0.2) is 0 Å². The average molecular weight is 331 g/mol. The van der Waals surface area contributed by atoms with Crippen molar-refractivity contribution in [3.05, 3.63) is 20.8 Å². The van der Waals surface area contributed by atoms with Crippen molar-refractivity contribution in [2.45, 2.75) is 32.7 Å². The summed E-state index contributed by atoms with van der Waals surface area (Å²) in [6.45, 7) is 4.56. The molecule has 1 fully saturated rings. The van der Waals surface area contributed by atoms with Gasteiger partial charge in [-0.05, 0) is 41.4 Å². The molecule has 0 saturated carbocycles. The molecule has 1 amide bonds. The largest absolute Gasteiger partial charge is 0.351 e. The Bertz CT molecular complexity index is 413. The molecule has 1 aliphatic heterocycles. The number of amides is 1. The van der Waals surface area contributed by atoms with Gasteiger partial charge in [-0.15, -0.1) is 11.3 Å². The van der Waals surface area contributed by atoms with Gasteiger partial charge in [-0.1, -0.05) is 13.3 Å². The Morgan fingerprint density at radius 3 is 3.06 bits per heavy atom. The van der Waals surface area contributed by atoms with E-state index in [9.17, 15) is 4.79 Å². The van der Waals surface area contributed by atoms with Crippen molar-refractivity contribution in [2.24, 2.45) is 5.41 Å². The Hall–Kier alpha value is -0.390. The van der Waals surface area contributed by atoms with Crippen molar-refractivity contribution < 1.29 is 4.79 Å². The Morgan fingerprint density at radius 2 is 2.50 bits per heavy atom. The number of carbonyl (C=O) groups excluding carboxylic acids is 1. The lowest BCUT2D eigenvalue weighted by Gasteiger charge is -2.26. The molecule has 2 N–H and O–H groups in total. The maximum absolute atomic E-state index is 12.4. The lowest BCUT2D eigenvalue weighted by Crippen LogP contribution is -2.42. The number of halogens is 1. The number of nitrogens with one attached hydrogen (secondary N) is 2. The fourth-order valence-electron chi connectivity index (χ4n) is 2.54. The predicted octanol–water partition coefficient (Wildman–Crippen LogP) is 2.91. The van der Waals surface area contributed by atoms with E-state index in [4.69, 9.17) is 0 Å². The molecule has 0 bridgehead atoms. The van der Waals surface area contributed by atoms with E-state index in [1.54, 1.807) is 11.3 Å². The standard InChI is InChI=1S/C13H19BrN2OS/c1-2-3-13(4-5-15-9-13)12(17)16-7-11-6-10(14)8-18-11/h6,8,15H,2-5,7,9H2,1H3,(H,16,17). The highest BCUT2D eigenvalue weighted by Gasteiger charge is 2.39. The molecule has 1 saturated heterocycles. The molecule has 18 heavy (non-hydrogen) atoms. The second kappa shape index (κ2) is 6.17. The molecule has 0 aromatic carbocycles. The van der Waals surface area contributed by atoms with Crippen LogP contribution in [0.15, 0.2) is 15.9 Å². The van der Waals surface area contributed by atoms with E-state index in [-0.39, 0.29) is 11.3 Å². The molecule has 1 unspecified atom stereocenters. The molecular formula is C13H19BrN2OS. The first-order valence-electron chi connectivity index (χ1n) is 6.38. The first-order chi connectivity index (χ1) is 8.66. The molecule has 1 aromatic rings. The Balaban J connectivity index is 1.93. The summed E-state index contributed by atoms with van der Waals surface area (Å²) in [6.07, 6.45) is 2.99. The predicted molar refractivity (Wildman–Crippen MR) is 78.7 cm³/mol. The van der Waals surface area contributed by atoms with Crippen LogP contribution in [0, 0.1) is 5.41 Å². The van der Waals surface area contributed by atoms with Gasteiger partial charge in [-0.3, -0.25) is 4.79 Å². The highest BCUT2D eigenvalue weighted by atomic mass is 79.9. The topological polar surface area (TPSA) is 41.1 Å². The summed E-state index contributed by atoms with van der Waals surface area (Å²) >= 11 is 5.10. The van der Waals surface area contributed by atoms with Crippen LogP contribution in [0.3, 0.4) is 0 Å². The van der Waals surface area contributed by atoms with Gasteiger partial charge in [-0.25, -0.2) is 0 Å². The molecular weight excluding hydrogens is 312 g/mol. The van der Waals surface area contributed by atoms with Crippen LogP contribution in [0.4, 0.5) is 0 Å². The molecule has 1 atom stereocenters. The Kier molecular flexibility index (Phi) is 4.81. The van der Waals surface area contributed by atoms with E-state index in [0.717, 1.165) is 36.8 Å². The Morgan fingerprint density at radius 1 is 1.67 bits per heavy atom. The molecule has 0 radical (unpaired) electrons. The molecule has 1 aliphatic rings. The number of rotatable bonds is 5. The molecule has 2 heterocycles. The number of thiophene rings is 1. The van der Waals surface area contributed by atoms with E-state index in [2.05, 4.69) is 39.6 Å². The molecule has 5 heteroatoms. The summed E-state index contributed by atoms with van der Waals surface area (Å²) in [5, 5.41) is 8.45. The van der Waals surface area contributed by atoms with Crippen LogP contribution >= 0.6 is 27.3 Å². The third-order valence-electron chi connectivity index (χ3n) is 3.50. The molecule has 100 valence electrons. The van der Waals surface area contributed by atoms with Crippen LogP contribution < -0.4 is 10.6 Å². The smallest absolute Gasteiger partial charge is 0.227 e. The van der Waals surface area contributed by atoms with Crippen LogP contribution in [-0.2, 0) is 11.3 Å². The zero-order chi connectivity index (χ0) is 13.0. The summed E-state index contributed by atoms with van der Waals surface area (Å²) in [7, 11) is 0. The first-order valence-corrected chi connectivity index (χ1v) is 8.05. The highest BCUT2D eigenvalue weighted by Crippen LogP contribution is 2.31. The SMILES string of the molecule is CCCC1(C(=O)NCc2cc(Br)cs2)CCNC1. The fourth-order valence-corrected chi connectivity index (χ4v) is 3.94. The molecule has 0 aliphatic carbocycles. The van der Waals surface area contributed by atoms with Crippen LogP contribution in [0.5, 0.6) is 0 Å². The van der Waals surface area contributed by atoms with E-state index < -0.39 is 0 Å². The van der Waals surface area contributed by atoms with Gasteiger partial charge in [0.1, 0.15) is 0 Å². The summed E-state index contributed by atoms with van der Waals surface area (Å²) in [6, 6.07) is 2.06. The lowest BCUT2D eigenvalue weighted by molar-refractivity contribution is -0.130. The van der Waals surface area contributed by atoms with Crippen molar-refractivity contribution in [1.82, 2.24) is 10.6 Å². The Labute approximate surface area is 120 Å². The minimum Gasteiger partial charge on any atom is -0.351 e. The summed E-state index contributed by atoms with van der Waals surface area (Å²) in [5.41, 5.74) is -0.177. The van der Waals surface area contributed by atoms with Gasteiger partial charge >= 0.3 is 0 Å². The first kappa shape index (κ1) is 14.0. The maximum Gasteiger partial charge on any atom is 0.227 e. The number of hydrogen-bond acceptors (Lipinski definition) is 3. The van der Waals surface area contributed by atoms with Gasteiger partial charge in [0.25, 0.3) is 0 Å². The molecule has 3 nitrogen and oxygen atoms in total. The number of hydrogen-bond donors (Lipinski definition) is 2. The van der Waals surface area contributed by atoms with Gasteiger partial charge in [0, 0.05) is 21.3 Å². The van der Waals surface area contributed by atoms with E-state index >= 15 is 0 Å². The minimum absolute atomic E-state index is 0.177. The van der Waals surface area contributed by atoms with Crippen molar-refractivity contribution >= 4 is 33.2 Å². The normalized spacial score (nSPS) is 23.2. The van der Waals surface area contributed by atoms with Crippen LogP contribution in [0.1, 0.15) is 31.1 Å². The van der Waals surface area contributed by atoms with E-state index in [1.807, 2.05) is 5.38 Å². The summed E-state index contributed by atoms with van der Waals surface area (Å²) in [5.74, 6) is 0.207. The van der Waals surface area contributed by atoms with E-state index in [0.29, 0.717) is 6.54 Å². The van der Waals surface area contributed by atoms with Crippen molar-refractivity contribution in [1.29, 1.82) is 0 Å². The summed E-state index contributed by atoms with van der Waals surface area (Å²) in [4.78, 5) is 13.6.